The van der Waals surface area contributed by atoms with Crippen molar-refractivity contribution in [3.8, 4) is 0 Å². The van der Waals surface area contributed by atoms with E-state index in [1.807, 2.05) is 0 Å². The van der Waals surface area contributed by atoms with Crippen LogP contribution in [-0.4, -0.2) is 12.5 Å². The topological polar surface area (TPSA) is 41.1 Å². The Balaban J connectivity index is 1.30. The average molecular weight is 471 g/mol. The van der Waals surface area contributed by atoms with E-state index >= 15 is 0 Å². The first-order chi connectivity index (χ1) is 16.7. The smallest absolute Gasteiger partial charge is 0.220 e. The van der Waals surface area contributed by atoms with E-state index in [1.165, 1.54) is 120 Å². The highest BCUT2D eigenvalue weighted by Crippen LogP contribution is 2.34. The first-order valence-electron chi connectivity index (χ1n) is 14.8. The lowest BCUT2D eigenvalue weighted by atomic mass is 9.87. The van der Waals surface area contributed by atoms with E-state index in [9.17, 15) is 4.79 Å². The van der Waals surface area contributed by atoms with Gasteiger partial charge in [-0.25, -0.2) is 0 Å². The maximum atomic E-state index is 12.1. The van der Waals surface area contributed by atoms with Gasteiger partial charge in [0.05, 0.1) is 0 Å². The van der Waals surface area contributed by atoms with Crippen molar-refractivity contribution in [2.45, 2.75) is 142 Å². The summed E-state index contributed by atoms with van der Waals surface area (Å²) in [6.45, 7) is 5.25. The largest absolute Gasteiger partial charge is 0.365 e. The number of fused-ring (bicyclic) bond motifs is 1. The lowest BCUT2D eigenvalue weighted by Crippen LogP contribution is -2.25. The fraction of sp³-hybridized carbons (Fsp3) is 0.774. The Labute approximate surface area is 211 Å². The molecule has 0 radical (unpaired) electrons. The zero-order chi connectivity index (χ0) is 24.3. The summed E-state index contributed by atoms with van der Waals surface area (Å²) in [5.74, 6) is 0.731. The SMILES string of the molecule is CCCCCCCCCCCCCCCCCCCC(=O)NCCC1=CNC2=CC=C(C)CC12. The minimum atomic E-state index is 0.225. The van der Waals surface area contributed by atoms with Crippen LogP contribution in [0.3, 0.4) is 0 Å². The third-order valence-electron chi connectivity index (χ3n) is 7.56. The predicted octanol–water partition coefficient (Wildman–Crippen LogP) is 8.87. The maximum absolute atomic E-state index is 12.1. The molecule has 3 heteroatoms. The van der Waals surface area contributed by atoms with Crippen LogP contribution in [0.15, 0.2) is 35.2 Å². The van der Waals surface area contributed by atoms with E-state index in [1.54, 1.807) is 0 Å². The Morgan fingerprint density at radius 3 is 1.91 bits per heavy atom. The number of carbonyl (C=O) groups excluding carboxylic acids is 1. The van der Waals surface area contributed by atoms with Crippen molar-refractivity contribution >= 4 is 5.91 Å². The molecule has 1 amide bonds. The number of unbranched alkanes of at least 4 members (excludes halogenated alkanes) is 16. The molecule has 0 aromatic heterocycles. The normalized spacial score (nSPS) is 17.0. The first kappa shape index (κ1) is 28.7. The second-order valence-corrected chi connectivity index (χ2v) is 10.8. The minimum Gasteiger partial charge on any atom is -0.365 e. The summed E-state index contributed by atoms with van der Waals surface area (Å²) in [7, 11) is 0. The summed E-state index contributed by atoms with van der Waals surface area (Å²) in [6, 6.07) is 0. The van der Waals surface area contributed by atoms with Gasteiger partial charge in [0.15, 0.2) is 0 Å². The highest BCUT2D eigenvalue weighted by molar-refractivity contribution is 5.75. The van der Waals surface area contributed by atoms with Gasteiger partial charge in [0.2, 0.25) is 5.91 Å². The van der Waals surface area contributed by atoms with Crippen molar-refractivity contribution in [3.63, 3.8) is 0 Å². The predicted molar refractivity (Wildman–Crippen MR) is 148 cm³/mol. The Bertz CT molecular complexity index is 646. The van der Waals surface area contributed by atoms with Crippen LogP contribution >= 0.6 is 0 Å². The number of nitrogens with one attached hydrogen (secondary N) is 2. The third kappa shape index (κ3) is 12.8. The van der Waals surface area contributed by atoms with E-state index in [2.05, 4.69) is 42.8 Å². The number of amides is 1. The monoisotopic (exact) mass is 470 g/mol. The Morgan fingerprint density at radius 1 is 0.824 bits per heavy atom. The van der Waals surface area contributed by atoms with Crippen LogP contribution in [0.1, 0.15) is 142 Å². The molecule has 34 heavy (non-hydrogen) atoms. The molecule has 0 aromatic carbocycles. The molecular formula is C31H54N2O. The van der Waals surface area contributed by atoms with Gasteiger partial charge in [-0.2, -0.15) is 0 Å². The van der Waals surface area contributed by atoms with Crippen molar-refractivity contribution < 1.29 is 4.79 Å². The highest BCUT2D eigenvalue weighted by atomic mass is 16.1. The molecule has 3 nitrogen and oxygen atoms in total. The van der Waals surface area contributed by atoms with Crippen molar-refractivity contribution in [2.24, 2.45) is 5.92 Å². The summed E-state index contributed by atoms with van der Waals surface area (Å²) in [4.78, 5) is 12.1. The lowest BCUT2D eigenvalue weighted by molar-refractivity contribution is -0.121. The molecule has 194 valence electrons. The van der Waals surface area contributed by atoms with Gasteiger partial charge < -0.3 is 10.6 Å². The number of carbonyl (C=O) groups is 1. The van der Waals surface area contributed by atoms with Crippen LogP contribution in [0.4, 0.5) is 0 Å². The number of hydrogen-bond donors (Lipinski definition) is 2. The fourth-order valence-corrected chi connectivity index (χ4v) is 5.30. The van der Waals surface area contributed by atoms with E-state index in [0.717, 1.165) is 25.8 Å². The fourth-order valence-electron chi connectivity index (χ4n) is 5.30. The Kier molecular flexibility index (Phi) is 15.9. The summed E-state index contributed by atoms with van der Waals surface area (Å²) in [5, 5.41) is 6.53. The number of allylic oxidation sites excluding steroid dienone is 4. The molecule has 0 fully saturated rings. The van der Waals surface area contributed by atoms with Crippen molar-refractivity contribution in [2.75, 3.05) is 6.54 Å². The third-order valence-corrected chi connectivity index (χ3v) is 7.56. The highest BCUT2D eigenvalue weighted by Gasteiger charge is 2.25. The van der Waals surface area contributed by atoms with Crippen LogP contribution in [0, 0.1) is 5.92 Å². The Morgan fingerprint density at radius 2 is 1.35 bits per heavy atom. The molecule has 1 atom stereocenters. The molecule has 2 aliphatic rings. The number of rotatable bonds is 21. The van der Waals surface area contributed by atoms with Gasteiger partial charge in [0, 0.05) is 30.8 Å². The van der Waals surface area contributed by atoms with Crippen LogP contribution in [0.5, 0.6) is 0 Å². The molecule has 1 unspecified atom stereocenters. The van der Waals surface area contributed by atoms with E-state index in [-0.39, 0.29) is 5.91 Å². The van der Waals surface area contributed by atoms with Gasteiger partial charge in [0.25, 0.3) is 0 Å². The standard InChI is InChI=1S/C31H54N2O/c1-3-4-5-6-7-8-9-10-11-12-13-14-15-16-17-18-19-20-31(34)32-24-23-28-26-33-30-22-21-27(2)25-29(28)30/h21-22,26,29,33H,3-20,23-25H2,1-2H3,(H,32,34). The average Bonchev–Trinajstić information content (AvgIpc) is 3.23. The summed E-state index contributed by atoms with van der Waals surface area (Å²) < 4.78 is 0. The maximum Gasteiger partial charge on any atom is 0.220 e. The summed E-state index contributed by atoms with van der Waals surface area (Å²) in [5.41, 5.74) is 4.18. The summed E-state index contributed by atoms with van der Waals surface area (Å²) in [6.07, 6.45) is 32.7. The van der Waals surface area contributed by atoms with E-state index in [4.69, 9.17) is 0 Å². The van der Waals surface area contributed by atoms with Crippen molar-refractivity contribution in [3.05, 3.63) is 35.2 Å². The lowest BCUT2D eigenvalue weighted by Gasteiger charge is -2.20. The minimum absolute atomic E-state index is 0.225. The number of hydrogen-bond acceptors (Lipinski definition) is 2. The second-order valence-electron chi connectivity index (χ2n) is 10.8. The van der Waals surface area contributed by atoms with Crippen molar-refractivity contribution in [1.82, 2.24) is 10.6 Å². The zero-order valence-electron chi connectivity index (χ0n) is 22.6. The summed E-state index contributed by atoms with van der Waals surface area (Å²) >= 11 is 0. The van der Waals surface area contributed by atoms with Gasteiger partial charge in [0.1, 0.15) is 0 Å². The molecule has 1 heterocycles. The molecule has 0 saturated carbocycles. The zero-order valence-corrected chi connectivity index (χ0v) is 22.6. The van der Waals surface area contributed by atoms with Crippen LogP contribution in [0.2, 0.25) is 0 Å². The van der Waals surface area contributed by atoms with Crippen molar-refractivity contribution in [1.29, 1.82) is 0 Å². The van der Waals surface area contributed by atoms with Gasteiger partial charge in [-0.15, -0.1) is 0 Å². The molecule has 1 aliphatic heterocycles. The van der Waals surface area contributed by atoms with Crippen LogP contribution < -0.4 is 10.6 Å². The molecule has 0 spiro atoms. The quantitative estimate of drug-likeness (QED) is 0.164. The molecular weight excluding hydrogens is 416 g/mol. The van der Waals surface area contributed by atoms with Gasteiger partial charge in [-0.1, -0.05) is 121 Å². The second kappa shape index (κ2) is 18.8. The first-order valence-corrected chi connectivity index (χ1v) is 14.8. The van der Waals surface area contributed by atoms with Gasteiger partial charge >= 0.3 is 0 Å². The van der Waals surface area contributed by atoms with E-state index < -0.39 is 0 Å². The van der Waals surface area contributed by atoms with Crippen LogP contribution in [0.25, 0.3) is 0 Å². The van der Waals surface area contributed by atoms with Crippen LogP contribution in [-0.2, 0) is 4.79 Å². The molecule has 2 N–H and O–H groups in total. The molecule has 0 aromatic rings. The van der Waals surface area contributed by atoms with Gasteiger partial charge in [-0.3, -0.25) is 4.79 Å². The Hall–Kier alpha value is -1.51. The van der Waals surface area contributed by atoms with Gasteiger partial charge in [-0.05, 0) is 37.8 Å². The molecule has 0 bridgehead atoms. The van der Waals surface area contributed by atoms with E-state index in [0.29, 0.717) is 12.3 Å². The molecule has 2 rings (SSSR count). The molecule has 1 aliphatic carbocycles. The molecule has 0 saturated heterocycles.